The molecule has 1 fully saturated rings. The largest absolute Gasteiger partial charge is 0.353 e. The lowest BCUT2D eigenvalue weighted by molar-refractivity contribution is -0.116. The molecule has 1 aliphatic carbocycles. The summed E-state index contributed by atoms with van der Waals surface area (Å²) in [6, 6.07) is 16.8. The topological polar surface area (TPSA) is 42.0 Å². The smallest absolute Gasteiger partial charge is 0.243 e. The number of carbonyl (C=O) groups is 1. The van der Waals surface area contributed by atoms with Crippen molar-refractivity contribution in [2.24, 2.45) is 5.92 Å². The average molecular weight is 433 g/mol. The van der Waals surface area contributed by atoms with Crippen molar-refractivity contribution >= 4 is 5.91 Å². The zero-order chi connectivity index (χ0) is 22.4. The number of nitrogens with one attached hydrogen (secondary N) is 1. The molecule has 1 saturated carbocycles. The maximum atomic E-state index is 13.9. The third kappa shape index (κ3) is 5.10. The second kappa shape index (κ2) is 9.86. The molecule has 1 aliphatic rings. The van der Waals surface area contributed by atoms with Gasteiger partial charge in [0.15, 0.2) is 0 Å². The van der Waals surface area contributed by atoms with Crippen molar-refractivity contribution in [2.75, 3.05) is 6.54 Å². The number of allylic oxidation sites excluding steroid dienone is 1. The van der Waals surface area contributed by atoms with Crippen LogP contribution in [0.5, 0.6) is 0 Å². The number of aryl methyl sites for hydroxylation is 1. The normalized spacial score (nSPS) is 16.8. The molecule has 5 heteroatoms. The molecule has 1 heterocycles. The van der Waals surface area contributed by atoms with Crippen LogP contribution in [0.1, 0.15) is 36.0 Å². The van der Waals surface area contributed by atoms with Crippen molar-refractivity contribution < 1.29 is 13.6 Å². The maximum Gasteiger partial charge on any atom is 0.243 e. The number of hydrogen-bond acceptors (Lipinski definition) is 2. The molecule has 1 N–H and O–H groups in total. The number of nitrogens with zero attached hydrogens (tertiary/aromatic N) is 1. The van der Waals surface area contributed by atoms with E-state index in [2.05, 4.69) is 10.3 Å². The predicted octanol–water partition coefficient (Wildman–Crippen LogP) is 5.36. The minimum atomic E-state index is -0.509. The Labute approximate surface area is 187 Å². The van der Waals surface area contributed by atoms with Gasteiger partial charge >= 0.3 is 0 Å². The summed E-state index contributed by atoms with van der Waals surface area (Å²) in [5, 5.41) is 2.92. The number of rotatable bonds is 9. The van der Waals surface area contributed by atoms with Crippen LogP contribution in [-0.4, -0.2) is 17.4 Å². The third-order valence-electron chi connectivity index (χ3n) is 6.09. The summed E-state index contributed by atoms with van der Waals surface area (Å²) in [7, 11) is 0. The fourth-order valence-electron chi connectivity index (χ4n) is 4.36. The van der Waals surface area contributed by atoms with Crippen molar-refractivity contribution in [3.8, 4) is 0 Å². The van der Waals surface area contributed by atoms with Crippen LogP contribution < -0.4 is 5.32 Å². The highest BCUT2D eigenvalue weighted by molar-refractivity contribution is 5.87. The number of hydrogen-bond donors (Lipinski definition) is 1. The number of aromatic nitrogens is 1. The molecule has 164 valence electrons. The molecule has 32 heavy (non-hydrogen) atoms. The van der Waals surface area contributed by atoms with Gasteiger partial charge in [-0.1, -0.05) is 36.4 Å². The van der Waals surface area contributed by atoms with E-state index in [0.717, 1.165) is 30.4 Å². The van der Waals surface area contributed by atoms with Gasteiger partial charge in [-0.25, -0.2) is 8.78 Å². The Morgan fingerprint density at radius 2 is 1.75 bits per heavy atom. The summed E-state index contributed by atoms with van der Waals surface area (Å²) in [4.78, 5) is 16.4. The second-order valence-electron chi connectivity index (χ2n) is 8.27. The van der Waals surface area contributed by atoms with Crippen LogP contribution in [0.2, 0.25) is 0 Å². The Morgan fingerprint density at radius 3 is 2.38 bits per heavy atom. The summed E-state index contributed by atoms with van der Waals surface area (Å²) < 4.78 is 27.8. The van der Waals surface area contributed by atoms with Gasteiger partial charge in [0, 0.05) is 24.4 Å². The number of halogens is 2. The molecule has 3 aromatic rings. The second-order valence-corrected chi connectivity index (χ2v) is 8.27. The monoisotopic (exact) mass is 432 g/mol. The first kappa shape index (κ1) is 21.9. The molecule has 4 rings (SSSR count). The SMILES string of the molecule is O=C(C=C[C@@H]1CC1(c1cccc(F)c1)c1cccc(F)c1)NCCCCc1cccnc1. The third-order valence-corrected chi connectivity index (χ3v) is 6.09. The van der Waals surface area contributed by atoms with Crippen molar-refractivity contribution in [3.05, 3.63) is 114 Å². The van der Waals surface area contributed by atoms with Gasteiger partial charge in [0.25, 0.3) is 0 Å². The van der Waals surface area contributed by atoms with E-state index in [1.807, 2.05) is 36.5 Å². The number of unbranched alkanes of at least 4 members (excludes halogenated alkanes) is 1. The van der Waals surface area contributed by atoms with Crippen molar-refractivity contribution in [2.45, 2.75) is 31.1 Å². The molecule has 0 radical (unpaired) electrons. The van der Waals surface area contributed by atoms with Gasteiger partial charge in [0.1, 0.15) is 11.6 Å². The zero-order valence-corrected chi connectivity index (χ0v) is 17.8. The van der Waals surface area contributed by atoms with Crippen molar-refractivity contribution in [1.82, 2.24) is 10.3 Å². The van der Waals surface area contributed by atoms with Crippen LogP contribution in [-0.2, 0) is 16.6 Å². The highest BCUT2D eigenvalue weighted by Crippen LogP contribution is 2.59. The average Bonchev–Trinajstić information content (AvgIpc) is 3.54. The van der Waals surface area contributed by atoms with E-state index in [0.29, 0.717) is 13.0 Å². The fraction of sp³-hybridized carbons (Fsp3) is 0.259. The molecule has 1 aromatic heterocycles. The maximum absolute atomic E-state index is 13.9. The Morgan fingerprint density at radius 1 is 1.03 bits per heavy atom. The van der Waals surface area contributed by atoms with E-state index in [1.165, 1.54) is 29.8 Å². The van der Waals surface area contributed by atoms with Crippen LogP contribution in [0.3, 0.4) is 0 Å². The van der Waals surface area contributed by atoms with E-state index in [-0.39, 0.29) is 23.5 Å². The molecule has 1 amide bonds. The first-order valence-electron chi connectivity index (χ1n) is 10.9. The quantitative estimate of drug-likeness (QED) is 0.365. The van der Waals surface area contributed by atoms with Gasteiger partial charge in [-0.15, -0.1) is 0 Å². The lowest BCUT2D eigenvalue weighted by Gasteiger charge is -2.18. The van der Waals surface area contributed by atoms with E-state index < -0.39 is 5.41 Å². The lowest BCUT2D eigenvalue weighted by Crippen LogP contribution is -2.22. The predicted molar refractivity (Wildman–Crippen MR) is 121 cm³/mol. The van der Waals surface area contributed by atoms with Gasteiger partial charge in [-0.3, -0.25) is 9.78 Å². The van der Waals surface area contributed by atoms with Gasteiger partial charge in [-0.05, 0) is 84.7 Å². The molecule has 0 aliphatic heterocycles. The Bertz CT molecular complexity index is 1050. The summed E-state index contributed by atoms with van der Waals surface area (Å²) in [5.41, 5.74) is 2.28. The standard InChI is InChI=1S/C27H26F2N2O/c28-24-10-3-8-21(16-24)27(22-9-4-11-25(29)17-22)18-23(27)12-13-26(32)31-15-2-1-6-20-7-5-14-30-19-20/h3-5,7-14,16-17,19,23H,1-2,6,15,18H2,(H,31,32)/t23-/m1/s1. The number of amides is 1. The van der Waals surface area contributed by atoms with Gasteiger partial charge < -0.3 is 5.32 Å². The van der Waals surface area contributed by atoms with Crippen LogP contribution in [0.25, 0.3) is 0 Å². The fourth-order valence-corrected chi connectivity index (χ4v) is 4.36. The number of pyridine rings is 1. The molecule has 0 bridgehead atoms. The summed E-state index contributed by atoms with van der Waals surface area (Å²) in [5.74, 6) is -0.790. The van der Waals surface area contributed by atoms with E-state index in [1.54, 1.807) is 24.4 Å². The van der Waals surface area contributed by atoms with Crippen LogP contribution in [0, 0.1) is 17.6 Å². The van der Waals surface area contributed by atoms with E-state index >= 15 is 0 Å². The minimum absolute atomic E-state index is 0.00225. The van der Waals surface area contributed by atoms with E-state index in [9.17, 15) is 13.6 Å². The van der Waals surface area contributed by atoms with Gasteiger partial charge in [0.05, 0.1) is 0 Å². The Kier molecular flexibility index (Phi) is 6.74. The van der Waals surface area contributed by atoms with Crippen LogP contribution >= 0.6 is 0 Å². The zero-order valence-electron chi connectivity index (χ0n) is 17.8. The van der Waals surface area contributed by atoms with Crippen LogP contribution in [0.15, 0.2) is 85.2 Å². The summed E-state index contributed by atoms with van der Waals surface area (Å²) in [6.45, 7) is 0.604. The highest BCUT2D eigenvalue weighted by atomic mass is 19.1. The molecule has 0 saturated heterocycles. The molecule has 1 atom stereocenters. The minimum Gasteiger partial charge on any atom is -0.353 e. The molecular weight excluding hydrogens is 406 g/mol. The highest BCUT2D eigenvalue weighted by Gasteiger charge is 2.55. The van der Waals surface area contributed by atoms with Gasteiger partial charge in [-0.2, -0.15) is 0 Å². The number of benzene rings is 2. The molecule has 0 spiro atoms. The molecule has 0 unspecified atom stereocenters. The summed E-state index contributed by atoms with van der Waals surface area (Å²) in [6.07, 6.45) is 10.5. The van der Waals surface area contributed by atoms with Crippen molar-refractivity contribution in [1.29, 1.82) is 0 Å². The molecular formula is C27H26F2N2O. The lowest BCUT2D eigenvalue weighted by atomic mass is 9.85. The van der Waals surface area contributed by atoms with E-state index in [4.69, 9.17) is 0 Å². The Hall–Kier alpha value is -3.34. The summed E-state index contributed by atoms with van der Waals surface area (Å²) >= 11 is 0. The van der Waals surface area contributed by atoms with Crippen LogP contribution in [0.4, 0.5) is 8.78 Å². The molecule has 3 nitrogen and oxygen atoms in total. The first-order valence-corrected chi connectivity index (χ1v) is 10.9. The Balaban J connectivity index is 1.35. The van der Waals surface area contributed by atoms with Crippen molar-refractivity contribution in [3.63, 3.8) is 0 Å². The van der Waals surface area contributed by atoms with Gasteiger partial charge in [0.2, 0.25) is 5.91 Å². The number of carbonyl (C=O) groups excluding carboxylic acids is 1. The molecule has 2 aromatic carbocycles. The first-order chi connectivity index (χ1) is 15.6.